The molecule has 1 aliphatic heterocycles. The van der Waals surface area contributed by atoms with Gasteiger partial charge >= 0.3 is 0 Å². The van der Waals surface area contributed by atoms with E-state index in [9.17, 15) is 0 Å². The van der Waals surface area contributed by atoms with Crippen molar-refractivity contribution in [2.24, 2.45) is 5.92 Å². The largest absolute Gasteiger partial charge is 0.493 e. The number of hydrogen-bond donors (Lipinski definition) is 0. The van der Waals surface area contributed by atoms with Crippen molar-refractivity contribution < 1.29 is 4.74 Å². The average Bonchev–Trinajstić information content (AvgIpc) is 2.32. The number of halogens is 1. The molecule has 1 aliphatic rings. The zero-order valence-corrected chi connectivity index (χ0v) is 10.4. The first kappa shape index (κ1) is 11.5. The summed E-state index contributed by atoms with van der Waals surface area (Å²) in [4.78, 5) is 6.58. The Morgan fingerprint density at radius 1 is 1.56 bits per heavy atom. The molecule has 1 saturated heterocycles. The van der Waals surface area contributed by atoms with E-state index in [1.165, 1.54) is 0 Å². The molecule has 16 heavy (non-hydrogen) atoms. The maximum absolute atomic E-state index is 6.30. The number of hydrogen-bond acceptors (Lipinski definition) is 3. The van der Waals surface area contributed by atoms with E-state index in [2.05, 4.69) is 16.8 Å². The van der Waals surface area contributed by atoms with Gasteiger partial charge in [-0.1, -0.05) is 6.92 Å². The van der Waals surface area contributed by atoms with E-state index < -0.39 is 0 Å². The van der Waals surface area contributed by atoms with Gasteiger partial charge in [0.1, 0.15) is 0 Å². The van der Waals surface area contributed by atoms with Gasteiger partial charge in [-0.3, -0.25) is 0 Å². The van der Waals surface area contributed by atoms with Crippen LogP contribution in [0.3, 0.4) is 0 Å². The van der Waals surface area contributed by atoms with Crippen molar-refractivity contribution in [3.05, 3.63) is 18.3 Å². The summed E-state index contributed by atoms with van der Waals surface area (Å²) in [6.07, 6.45) is 2.90. The Balaban J connectivity index is 2.18. The molecule has 2 heterocycles. The number of pyridine rings is 1. The molecule has 0 spiro atoms. The molecular formula is C12H17ClN2O. The van der Waals surface area contributed by atoms with Crippen LogP contribution in [0, 0.1) is 5.92 Å². The molecule has 0 N–H and O–H groups in total. The van der Waals surface area contributed by atoms with Crippen molar-refractivity contribution in [1.29, 1.82) is 0 Å². The fraction of sp³-hybridized carbons (Fsp3) is 0.583. The highest BCUT2D eigenvalue weighted by atomic mass is 35.5. The van der Waals surface area contributed by atoms with E-state index in [4.69, 9.17) is 16.3 Å². The molecular weight excluding hydrogens is 224 g/mol. The minimum Gasteiger partial charge on any atom is -0.493 e. The molecule has 2 unspecified atom stereocenters. The van der Waals surface area contributed by atoms with Crippen LogP contribution in [0.2, 0.25) is 0 Å². The topological polar surface area (TPSA) is 25.4 Å². The van der Waals surface area contributed by atoms with E-state index in [0.717, 1.165) is 31.1 Å². The van der Waals surface area contributed by atoms with E-state index in [0.29, 0.717) is 5.92 Å². The molecule has 0 amide bonds. The Morgan fingerprint density at radius 2 is 2.38 bits per heavy atom. The summed E-state index contributed by atoms with van der Waals surface area (Å²) in [7, 11) is 1.67. The van der Waals surface area contributed by atoms with Gasteiger partial charge in [-0.25, -0.2) is 4.98 Å². The van der Waals surface area contributed by atoms with Crippen LogP contribution in [0.1, 0.15) is 13.3 Å². The molecule has 2 rings (SSSR count). The monoisotopic (exact) mass is 240 g/mol. The van der Waals surface area contributed by atoms with Crippen LogP contribution in [0.15, 0.2) is 18.3 Å². The predicted molar refractivity (Wildman–Crippen MR) is 66.4 cm³/mol. The molecule has 0 radical (unpaired) electrons. The number of ether oxygens (including phenoxy) is 1. The Bertz CT molecular complexity index is 359. The van der Waals surface area contributed by atoms with Crippen molar-refractivity contribution in [3.8, 4) is 5.75 Å². The Morgan fingerprint density at radius 3 is 3.06 bits per heavy atom. The third kappa shape index (κ3) is 2.24. The summed E-state index contributed by atoms with van der Waals surface area (Å²) < 4.78 is 5.31. The molecule has 0 aliphatic carbocycles. The number of aromatic nitrogens is 1. The number of alkyl halides is 1. The minimum absolute atomic E-state index is 0.195. The quantitative estimate of drug-likeness (QED) is 0.743. The van der Waals surface area contributed by atoms with Gasteiger partial charge in [0.25, 0.3) is 0 Å². The Labute approximate surface area is 101 Å². The second kappa shape index (κ2) is 4.91. The molecule has 1 fully saturated rings. The van der Waals surface area contributed by atoms with E-state index in [1.807, 2.05) is 12.1 Å². The zero-order chi connectivity index (χ0) is 11.5. The van der Waals surface area contributed by atoms with Crippen LogP contribution in [-0.2, 0) is 0 Å². The zero-order valence-electron chi connectivity index (χ0n) is 9.69. The van der Waals surface area contributed by atoms with E-state index >= 15 is 0 Å². The normalized spacial score (nSPS) is 25.6. The van der Waals surface area contributed by atoms with Crippen LogP contribution >= 0.6 is 11.6 Å². The molecule has 2 atom stereocenters. The Hall–Kier alpha value is -0.960. The lowest BCUT2D eigenvalue weighted by molar-refractivity contribution is 0.403. The van der Waals surface area contributed by atoms with Gasteiger partial charge in [-0.2, -0.15) is 0 Å². The summed E-state index contributed by atoms with van der Waals surface area (Å²) in [5, 5.41) is 0.195. The van der Waals surface area contributed by atoms with Crippen molar-refractivity contribution in [2.45, 2.75) is 18.7 Å². The second-order valence-electron chi connectivity index (χ2n) is 4.26. The lowest BCUT2D eigenvalue weighted by Crippen LogP contribution is -2.40. The van der Waals surface area contributed by atoms with Gasteiger partial charge in [0.15, 0.2) is 11.6 Å². The molecule has 4 heteroatoms. The van der Waals surface area contributed by atoms with Gasteiger partial charge in [0, 0.05) is 19.3 Å². The SMILES string of the molecule is COc1cccnc1N1CCC(C)C(Cl)C1. The summed E-state index contributed by atoms with van der Waals surface area (Å²) in [6, 6.07) is 3.82. The third-order valence-corrected chi connectivity index (χ3v) is 3.71. The molecule has 0 aromatic carbocycles. The first-order valence-corrected chi connectivity index (χ1v) is 6.04. The van der Waals surface area contributed by atoms with Crippen LogP contribution in [0.25, 0.3) is 0 Å². The number of nitrogens with zero attached hydrogens (tertiary/aromatic N) is 2. The van der Waals surface area contributed by atoms with Crippen LogP contribution in [0.4, 0.5) is 5.82 Å². The first-order chi connectivity index (χ1) is 7.72. The third-order valence-electron chi connectivity index (χ3n) is 3.14. The van der Waals surface area contributed by atoms with Gasteiger partial charge in [0.05, 0.1) is 12.5 Å². The fourth-order valence-corrected chi connectivity index (χ4v) is 2.29. The molecule has 1 aromatic heterocycles. The standard InChI is InChI=1S/C12H17ClN2O/c1-9-5-7-15(8-10(9)13)12-11(16-2)4-3-6-14-12/h3-4,6,9-10H,5,7-8H2,1-2H3. The highest BCUT2D eigenvalue weighted by Crippen LogP contribution is 2.30. The number of anilines is 1. The molecule has 0 saturated carbocycles. The highest BCUT2D eigenvalue weighted by Gasteiger charge is 2.26. The van der Waals surface area contributed by atoms with Crippen molar-refractivity contribution in [2.75, 3.05) is 25.1 Å². The summed E-state index contributed by atoms with van der Waals surface area (Å²) in [5.74, 6) is 2.30. The lowest BCUT2D eigenvalue weighted by atomic mass is 9.98. The van der Waals surface area contributed by atoms with Gasteiger partial charge < -0.3 is 9.64 Å². The van der Waals surface area contributed by atoms with Gasteiger partial charge in [0.2, 0.25) is 0 Å². The number of piperidine rings is 1. The average molecular weight is 241 g/mol. The van der Waals surface area contributed by atoms with Crippen LogP contribution < -0.4 is 9.64 Å². The van der Waals surface area contributed by atoms with E-state index in [1.54, 1.807) is 13.3 Å². The van der Waals surface area contributed by atoms with Crippen LogP contribution in [-0.4, -0.2) is 30.6 Å². The van der Waals surface area contributed by atoms with Gasteiger partial charge in [-0.15, -0.1) is 11.6 Å². The lowest BCUT2D eigenvalue weighted by Gasteiger charge is -2.35. The summed E-state index contributed by atoms with van der Waals surface area (Å²) in [6.45, 7) is 4.04. The van der Waals surface area contributed by atoms with Crippen molar-refractivity contribution >= 4 is 17.4 Å². The number of rotatable bonds is 2. The summed E-state index contributed by atoms with van der Waals surface area (Å²) >= 11 is 6.30. The van der Waals surface area contributed by atoms with Gasteiger partial charge in [-0.05, 0) is 24.5 Å². The van der Waals surface area contributed by atoms with Crippen molar-refractivity contribution in [1.82, 2.24) is 4.98 Å². The fourth-order valence-electron chi connectivity index (χ4n) is 1.99. The number of methoxy groups -OCH3 is 1. The maximum Gasteiger partial charge on any atom is 0.171 e. The molecule has 88 valence electrons. The Kier molecular flexibility index (Phi) is 3.54. The predicted octanol–water partition coefficient (Wildman–Crippen LogP) is 2.54. The maximum atomic E-state index is 6.30. The second-order valence-corrected chi connectivity index (χ2v) is 4.82. The minimum atomic E-state index is 0.195. The van der Waals surface area contributed by atoms with E-state index in [-0.39, 0.29) is 5.38 Å². The highest BCUT2D eigenvalue weighted by molar-refractivity contribution is 6.21. The van der Waals surface area contributed by atoms with Crippen molar-refractivity contribution in [3.63, 3.8) is 0 Å². The smallest absolute Gasteiger partial charge is 0.171 e. The summed E-state index contributed by atoms with van der Waals surface area (Å²) in [5.41, 5.74) is 0. The van der Waals surface area contributed by atoms with Crippen LogP contribution in [0.5, 0.6) is 5.75 Å². The molecule has 3 nitrogen and oxygen atoms in total. The molecule has 0 bridgehead atoms. The first-order valence-electron chi connectivity index (χ1n) is 5.60. The molecule has 1 aromatic rings.